The molecule has 2 N–H and O–H groups in total. The SMILES string of the molecule is CC[C@H](NC(=O)c1cc([N+](=O)[O-])cc(Cl)c1Cl)C(=O)O. The number of carboxylic acids is 1. The van der Waals surface area contributed by atoms with Crippen molar-refractivity contribution in [3.63, 3.8) is 0 Å². The molecule has 0 fully saturated rings. The van der Waals surface area contributed by atoms with Crippen LogP contribution in [0.2, 0.25) is 10.0 Å². The van der Waals surface area contributed by atoms with Crippen LogP contribution in [-0.4, -0.2) is 27.9 Å². The molecule has 1 aromatic carbocycles. The molecule has 0 aromatic heterocycles. The minimum absolute atomic E-state index is 0.154. The van der Waals surface area contributed by atoms with Crippen LogP contribution in [0, 0.1) is 10.1 Å². The van der Waals surface area contributed by atoms with Gasteiger partial charge < -0.3 is 10.4 Å². The van der Waals surface area contributed by atoms with Gasteiger partial charge in [0.15, 0.2) is 0 Å². The molecule has 0 unspecified atom stereocenters. The zero-order valence-corrected chi connectivity index (χ0v) is 11.7. The molecule has 0 radical (unpaired) electrons. The van der Waals surface area contributed by atoms with E-state index in [2.05, 4.69) is 5.32 Å². The number of benzene rings is 1. The Labute approximate surface area is 123 Å². The second-order valence-electron chi connectivity index (χ2n) is 3.82. The fraction of sp³-hybridized carbons (Fsp3) is 0.273. The number of nitro benzene ring substituents is 1. The second kappa shape index (κ2) is 6.53. The highest BCUT2D eigenvalue weighted by Gasteiger charge is 2.23. The van der Waals surface area contributed by atoms with Crippen molar-refractivity contribution in [2.24, 2.45) is 0 Å². The van der Waals surface area contributed by atoms with E-state index in [-0.39, 0.29) is 22.0 Å². The molecule has 0 aliphatic rings. The number of rotatable bonds is 5. The summed E-state index contributed by atoms with van der Waals surface area (Å²) in [6.45, 7) is 1.57. The fourth-order valence-electron chi connectivity index (χ4n) is 1.42. The smallest absolute Gasteiger partial charge is 0.326 e. The standard InChI is InChI=1S/C11H10Cl2N2O5/c1-2-8(11(17)18)14-10(16)6-3-5(15(19)20)4-7(12)9(6)13/h3-4,8H,2H2,1H3,(H,14,16)(H,17,18)/t8-/m0/s1. The first-order valence-electron chi connectivity index (χ1n) is 5.45. The van der Waals surface area contributed by atoms with Gasteiger partial charge in [-0.2, -0.15) is 0 Å². The summed E-state index contributed by atoms with van der Waals surface area (Å²) in [6.07, 6.45) is 0.154. The summed E-state index contributed by atoms with van der Waals surface area (Å²) in [5.41, 5.74) is -0.654. The van der Waals surface area contributed by atoms with Gasteiger partial charge in [-0.05, 0) is 6.42 Å². The molecule has 0 heterocycles. The average Bonchev–Trinajstić information content (AvgIpc) is 2.37. The lowest BCUT2D eigenvalue weighted by Gasteiger charge is -2.13. The van der Waals surface area contributed by atoms with Gasteiger partial charge in [-0.3, -0.25) is 14.9 Å². The highest BCUT2D eigenvalue weighted by molar-refractivity contribution is 6.44. The zero-order valence-electron chi connectivity index (χ0n) is 10.2. The number of hydrogen-bond acceptors (Lipinski definition) is 4. The van der Waals surface area contributed by atoms with E-state index in [1.165, 1.54) is 0 Å². The van der Waals surface area contributed by atoms with Crippen molar-refractivity contribution in [2.75, 3.05) is 0 Å². The van der Waals surface area contributed by atoms with Crippen LogP contribution in [-0.2, 0) is 4.79 Å². The van der Waals surface area contributed by atoms with Gasteiger partial charge in [-0.1, -0.05) is 30.1 Å². The Morgan fingerprint density at radius 3 is 2.50 bits per heavy atom. The predicted octanol–water partition coefficient (Wildman–Crippen LogP) is 2.49. The number of nitrogens with one attached hydrogen (secondary N) is 1. The van der Waals surface area contributed by atoms with Crippen LogP contribution in [0.15, 0.2) is 12.1 Å². The van der Waals surface area contributed by atoms with E-state index < -0.39 is 28.5 Å². The predicted molar refractivity (Wildman–Crippen MR) is 72.3 cm³/mol. The topological polar surface area (TPSA) is 110 Å². The van der Waals surface area contributed by atoms with Crippen LogP contribution >= 0.6 is 23.2 Å². The van der Waals surface area contributed by atoms with Crippen molar-refractivity contribution in [3.8, 4) is 0 Å². The van der Waals surface area contributed by atoms with Gasteiger partial charge >= 0.3 is 5.97 Å². The Morgan fingerprint density at radius 2 is 2.05 bits per heavy atom. The van der Waals surface area contributed by atoms with Crippen molar-refractivity contribution < 1.29 is 19.6 Å². The van der Waals surface area contributed by atoms with Gasteiger partial charge in [-0.15, -0.1) is 0 Å². The molecule has 20 heavy (non-hydrogen) atoms. The molecule has 1 atom stereocenters. The van der Waals surface area contributed by atoms with E-state index in [9.17, 15) is 19.7 Å². The number of carboxylic acid groups (broad SMARTS) is 1. The van der Waals surface area contributed by atoms with Crippen molar-refractivity contribution in [1.29, 1.82) is 0 Å². The molecule has 0 spiro atoms. The monoisotopic (exact) mass is 320 g/mol. The highest BCUT2D eigenvalue weighted by Crippen LogP contribution is 2.30. The van der Waals surface area contributed by atoms with Crippen LogP contribution in [0.1, 0.15) is 23.7 Å². The first-order chi connectivity index (χ1) is 9.27. The maximum absolute atomic E-state index is 11.9. The zero-order chi connectivity index (χ0) is 15.4. The minimum atomic E-state index is -1.21. The third-order valence-electron chi connectivity index (χ3n) is 2.48. The first-order valence-corrected chi connectivity index (χ1v) is 6.20. The maximum atomic E-state index is 11.9. The fourth-order valence-corrected chi connectivity index (χ4v) is 1.83. The summed E-state index contributed by atoms with van der Waals surface area (Å²) in [7, 11) is 0. The molecular formula is C11H10Cl2N2O5. The van der Waals surface area contributed by atoms with E-state index >= 15 is 0 Å². The van der Waals surface area contributed by atoms with Gasteiger partial charge in [0.05, 0.1) is 20.5 Å². The van der Waals surface area contributed by atoms with Crippen molar-refractivity contribution >= 4 is 40.8 Å². The number of halogens is 2. The van der Waals surface area contributed by atoms with Crippen LogP contribution in [0.25, 0.3) is 0 Å². The van der Waals surface area contributed by atoms with E-state index in [1.54, 1.807) is 6.92 Å². The molecule has 1 rings (SSSR count). The van der Waals surface area contributed by atoms with Crippen LogP contribution in [0.5, 0.6) is 0 Å². The number of nitrogens with zero attached hydrogens (tertiary/aromatic N) is 1. The van der Waals surface area contributed by atoms with E-state index in [0.29, 0.717) is 0 Å². The number of nitro groups is 1. The first kappa shape index (κ1) is 16.2. The molecular weight excluding hydrogens is 311 g/mol. The molecule has 7 nitrogen and oxygen atoms in total. The Hall–Kier alpha value is -1.86. The summed E-state index contributed by atoms with van der Waals surface area (Å²) in [6, 6.07) is 0.837. The van der Waals surface area contributed by atoms with Crippen LogP contribution < -0.4 is 5.32 Å². The number of non-ortho nitro benzene ring substituents is 1. The second-order valence-corrected chi connectivity index (χ2v) is 4.60. The van der Waals surface area contributed by atoms with Gasteiger partial charge in [0, 0.05) is 12.1 Å². The lowest BCUT2D eigenvalue weighted by Crippen LogP contribution is -2.40. The van der Waals surface area contributed by atoms with Crippen molar-refractivity contribution in [2.45, 2.75) is 19.4 Å². The number of aliphatic carboxylic acids is 1. The van der Waals surface area contributed by atoms with Crippen LogP contribution in [0.3, 0.4) is 0 Å². The molecule has 0 saturated heterocycles. The molecule has 9 heteroatoms. The van der Waals surface area contributed by atoms with Crippen LogP contribution in [0.4, 0.5) is 5.69 Å². The summed E-state index contributed by atoms with van der Waals surface area (Å²) >= 11 is 11.5. The normalized spacial score (nSPS) is 11.8. The summed E-state index contributed by atoms with van der Waals surface area (Å²) in [5.74, 6) is -2.05. The minimum Gasteiger partial charge on any atom is -0.480 e. The molecule has 108 valence electrons. The largest absolute Gasteiger partial charge is 0.480 e. The number of carbonyl (C=O) groups is 2. The molecule has 1 amide bonds. The van der Waals surface area contributed by atoms with Gasteiger partial charge in [0.2, 0.25) is 0 Å². The summed E-state index contributed by atoms with van der Waals surface area (Å²) in [5, 5.41) is 21.4. The third-order valence-corrected chi connectivity index (χ3v) is 3.28. The van der Waals surface area contributed by atoms with Crippen molar-refractivity contribution in [1.82, 2.24) is 5.32 Å². The summed E-state index contributed by atoms with van der Waals surface area (Å²) < 4.78 is 0. The molecule has 0 aliphatic heterocycles. The van der Waals surface area contributed by atoms with E-state index in [1.807, 2.05) is 0 Å². The van der Waals surface area contributed by atoms with Gasteiger partial charge in [0.25, 0.3) is 11.6 Å². The van der Waals surface area contributed by atoms with Gasteiger partial charge in [0.1, 0.15) is 6.04 Å². The lowest BCUT2D eigenvalue weighted by molar-refractivity contribution is -0.384. The lowest BCUT2D eigenvalue weighted by atomic mass is 10.1. The van der Waals surface area contributed by atoms with Gasteiger partial charge in [-0.25, -0.2) is 4.79 Å². The summed E-state index contributed by atoms with van der Waals surface area (Å²) in [4.78, 5) is 32.7. The Kier molecular flexibility index (Phi) is 5.29. The average molecular weight is 321 g/mol. The molecule has 0 saturated carbocycles. The Morgan fingerprint density at radius 1 is 1.45 bits per heavy atom. The quantitative estimate of drug-likeness (QED) is 0.639. The van der Waals surface area contributed by atoms with Crippen molar-refractivity contribution in [3.05, 3.63) is 37.9 Å². The molecule has 0 aliphatic carbocycles. The number of hydrogen-bond donors (Lipinski definition) is 2. The number of amides is 1. The number of carbonyl (C=O) groups excluding carboxylic acids is 1. The third kappa shape index (κ3) is 3.58. The molecule has 0 bridgehead atoms. The van der Waals surface area contributed by atoms with E-state index in [0.717, 1.165) is 12.1 Å². The Bertz CT molecular complexity index is 576. The molecule has 1 aromatic rings. The Balaban J connectivity index is 3.15. The highest BCUT2D eigenvalue weighted by atomic mass is 35.5. The maximum Gasteiger partial charge on any atom is 0.326 e. The van der Waals surface area contributed by atoms with E-state index in [4.69, 9.17) is 28.3 Å².